The lowest BCUT2D eigenvalue weighted by atomic mass is 9.89. The lowest BCUT2D eigenvalue weighted by Crippen LogP contribution is -2.29. The fourth-order valence-electron chi connectivity index (χ4n) is 10.5. The minimum Gasteiger partial charge on any atom is -0.381 e. The van der Waals surface area contributed by atoms with Crippen LogP contribution < -0.4 is 16.4 Å². The van der Waals surface area contributed by atoms with Crippen LogP contribution in [0, 0.1) is 23.7 Å². The van der Waals surface area contributed by atoms with Crippen molar-refractivity contribution in [2.24, 2.45) is 23.7 Å². The van der Waals surface area contributed by atoms with Crippen LogP contribution in [0.5, 0.6) is 0 Å². The minimum absolute atomic E-state index is 0.0706. The van der Waals surface area contributed by atoms with E-state index in [1.54, 1.807) is 16.9 Å². The molecule has 10 rings (SSSR count). The molecule has 0 aromatic carbocycles. The highest BCUT2D eigenvalue weighted by Crippen LogP contribution is 2.34. The van der Waals surface area contributed by atoms with Gasteiger partial charge in [0.25, 0.3) is 11.1 Å². The third-order valence-electron chi connectivity index (χ3n) is 14.2. The van der Waals surface area contributed by atoms with Crippen LogP contribution in [0.4, 0.5) is 0 Å². The van der Waals surface area contributed by atoms with Crippen LogP contribution >= 0.6 is 15.9 Å². The summed E-state index contributed by atoms with van der Waals surface area (Å²) in [7, 11) is 0. The summed E-state index contributed by atoms with van der Waals surface area (Å²) in [5, 5.41) is 14.2. The summed E-state index contributed by atoms with van der Waals surface area (Å²) in [6.45, 7) is 12.6. The predicted octanol–water partition coefficient (Wildman–Crippen LogP) is 6.52. The summed E-state index contributed by atoms with van der Waals surface area (Å²) in [6.07, 6.45) is 21.3. The third-order valence-corrected chi connectivity index (χ3v) is 15.1. The number of H-pyrrole nitrogens is 2. The van der Waals surface area contributed by atoms with Gasteiger partial charge in [0.1, 0.15) is 23.3 Å². The zero-order chi connectivity index (χ0) is 40.7. The molecular weight excluding hydrogens is 812 g/mol. The van der Waals surface area contributed by atoms with E-state index in [4.69, 9.17) is 19.7 Å². The van der Waals surface area contributed by atoms with E-state index in [2.05, 4.69) is 59.9 Å². The SMILES string of the molecule is BrCC1CCCCC1.CC1CN(CC2CCCCC2)CC1c1nn2c(C3CCOCC3)ncc2c(=O)[nH]1.CC1CNCC1c1nn2c(C3CCOCC3)ncc2c(=O)[nH]1. The molecule has 6 fully saturated rings. The molecule has 8 heterocycles. The van der Waals surface area contributed by atoms with E-state index in [0.717, 1.165) is 113 Å². The molecule has 324 valence electrons. The molecule has 2 aliphatic carbocycles. The predicted molar refractivity (Wildman–Crippen MR) is 233 cm³/mol. The van der Waals surface area contributed by atoms with Crippen LogP contribution in [0.2, 0.25) is 0 Å². The van der Waals surface area contributed by atoms with Gasteiger partial charge in [0.15, 0.2) is 11.0 Å². The van der Waals surface area contributed by atoms with E-state index in [1.807, 2.05) is 4.52 Å². The highest BCUT2D eigenvalue weighted by molar-refractivity contribution is 9.09. The number of alkyl halides is 1. The molecular formula is C44H67BrN10O4. The van der Waals surface area contributed by atoms with Crippen LogP contribution in [0.15, 0.2) is 22.0 Å². The lowest BCUT2D eigenvalue weighted by molar-refractivity contribution is 0.0831. The first kappa shape index (κ1) is 42.7. The van der Waals surface area contributed by atoms with Crippen LogP contribution in [-0.4, -0.2) is 109 Å². The molecule has 0 amide bonds. The largest absolute Gasteiger partial charge is 0.381 e. The summed E-state index contributed by atoms with van der Waals surface area (Å²) in [5.74, 6) is 7.38. The average Bonchev–Trinajstić information content (AvgIpc) is 4.09. The number of fused-ring (bicyclic) bond motifs is 2. The number of hydrogen-bond acceptors (Lipinski definition) is 10. The van der Waals surface area contributed by atoms with Gasteiger partial charge in [-0.15, -0.1) is 0 Å². The van der Waals surface area contributed by atoms with Crippen molar-refractivity contribution in [1.82, 2.24) is 49.4 Å². The van der Waals surface area contributed by atoms with Crippen molar-refractivity contribution in [3.8, 4) is 0 Å². The third kappa shape index (κ3) is 10.2. The molecule has 4 aliphatic heterocycles. The van der Waals surface area contributed by atoms with Gasteiger partial charge in [0, 0.05) is 81.6 Å². The van der Waals surface area contributed by atoms with E-state index < -0.39 is 0 Å². The number of hydrogen-bond donors (Lipinski definition) is 3. The van der Waals surface area contributed by atoms with Gasteiger partial charge in [-0.1, -0.05) is 68.3 Å². The Bertz CT molecular complexity index is 2060. The van der Waals surface area contributed by atoms with E-state index in [9.17, 15) is 9.59 Å². The zero-order valence-electron chi connectivity index (χ0n) is 35.4. The molecule has 3 N–H and O–H groups in total. The fourth-order valence-corrected chi connectivity index (χ4v) is 11.1. The number of aromatic nitrogens is 8. The van der Waals surface area contributed by atoms with Crippen molar-refractivity contribution < 1.29 is 9.47 Å². The van der Waals surface area contributed by atoms with Crippen molar-refractivity contribution in [2.75, 3.05) is 64.5 Å². The Morgan fingerprint density at radius 2 is 1.15 bits per heavy atom. The molecule has 59 heavy (non-hydrogen) atoms. The number of halogens is 1. The molecule has 4 saturated heterocycles. The van der Waals surface area contributed by atoms with Crippen molar-refractivity contribution in [3.05, 3.63) is 56.4 Å². The molecule has 0 radical (unpaired) electrons. The molecule has 0 bridgehead atoms. The maximum absolute atomic E-state index is 12.8. The number of aromatic amines is 2. The first-order valence-electron chi connectivity index (χ1n) is 23.0. The Morgan fingerprint density at radius 3 is 1.63 bits per heavy atom. The van der Waals surface area contributed by atoms with E-state index in [-0.39, 0.29) is 23.0 Å². The number of likely N-dealkylation sites (tertiary alicyclic amines) is 1. The topological polar surface area (TPSA) is 160 Å². The average molecular weight is 880 g/mol. The molecule has 4 aromatic rings. The van der Waals surface area contributed by atoms with Gasteiger partial charge in [-0.3, -0.25) is 9.59 Å². The molecule has 14 nitrogen and oxygen atoms in total. The van der Waals surface area contributed by atoms with Gasteiger partial charge in [-0.2, -0.15) is 10.2 Å². The highest BCUT2D eigenvalue weighted by Gasteiger charge is 2.35. The van der Waals surface area contributed by atoms with Gasteiger partial charge in [-0.05, 0) is 81.6 Å². The van der Waals surface area contributed by atoms with Crippen molar-refractivity contribution in [3.63, 3.8) is 0 Å². The number of ether oxygens (including phenoxy) is 2. The molecule has 0 spiro atoms. The second-order valence-electron chi connectivity index (χ2n) is 18.5. The Labute approximate surface area is 356 Å². The zero-order valence-corrected chi connectivity index (χ0v) is 37.0. The summed E-state index contributed by atoms with van der Waals surface area (Å²) in [6, 6.07) is 0. The quantitative estimate of drug-likeness (QED) is 0.175. The number of nitrogens with zero attached hydrogens (tertiary/aromatic N) is 7. The Kier molecular flexibility index (Phi) is 14.7. The maximum Gasteiger partial charge on any atom is 0.276 e. The molecule has 6 aliphatic rings. The van der Waals surface area contributed by atoms with Gasteiger partial charge in [-0.25, -0.2) is 19.0 Å². The normalized spacial score (nSPS) is 26.8. The molecule has 2 saturated carbocycles. The standard InChI is InChI=1S/C22H33N5O2.C15H21N5O2.C7H13Br/c1-15-12-26(13-16-5-3-2-4-6-16)14-18(15)20-24-22(28)19-11-23-21(27(19)25-20)17-7-9-29-10-8-17;1-9-6-16-7-11(9)13-18-15(21)12-8-17-14(20(12)19-13)10-2-4-22-5-3-10;8-6-7-4-2-1-3-5-7/h11,15-18H,2-10,12-14H2,1H3,(H,24,25,28);8-11,16H,2-7H2,1H3,(H,18,19,21);7H,1-6H2. The highest BCUT2D eigenvalue weighted by atomic mass is 79.9. The van der Waals surface area contributed by atoms with E-state index in [0.29, 0.717) is 34.7 Å². The van der Waals surface area contributed by atoms with Crippen LogP contribution in [-0.2, 0) is 9.47 Å². The molecule has 4 unspecified atom stereocenters. The van der Waals surface area contributed by atoms with Crippen LogP contribution in [0.25, 0.3) is 11.0 Å². The lowest BCUT2D eigenvalue weighted by Gasteiger charge is -2.26. The van der Waals surface area contributed by atoms with Gasteiger partial charge in [0.2, 0.25) is 0 Å². The summed E-state index contributed by atoms with van der Waals surface area (Å²) in [5.41, 5.74) is 0.914. The number of nitrogens with one attached hydrogen (secondary N) is 3. The number of rotatable bonds is 7. The number of imidazole rings is 2. The second kappa shape index (κ2) is 20.3. The Balaban J connectivity index is 0.000000142. The van der Waals surface area contributed by atoms with Gasteiger partial charge < -0.3 is 29.7 Å². The monoisotopic (exact) mass is 878 g/mol. The Morgan fingerprint density at radius 1 is 0.644 bits per heavy atom. The maximum atomic E-state index is 12.8. The van der Waals surface area contributed by atoms with Gasteiger partial charge in [0.05, 0.1) is 12.4 Å². The second-order valence-corrected chi connectivity index (χ2v) is 19.1. The summed E-state index contributed by atoms with van der Waals surface area (Å²) in [4.78, 5) is 42.8. The van der Waals surface area contributed by atoms with Crippen LogP contribution in [0.3, 0.4) is 0 Å². The first-order chi connectivity index (χ1) is 28.9. The molecule has 15 heteroatoms. The first-order valence-corrected chi connectivity index (χ1v) is 24.1. The summed E-state index contributed by atoms with van der Waals surface area (Å²) >= 11 is 3.51. The van der Waals surface area contributed by atoms with E-state index in [1.165, 1.54) is 76.1 Å². The van der Waals surface area contributed by atoms with Crippen molar-refractivity contribution in [2.45, 2.75) is 127 Å². The minimum atomic E-state index is -0.102. The van der Waals surface area contributed by atoms with E-state index >= 15 is 0 Å². The van der Waals surface area contributed by atoms with Gasteiger partial charge >= 0.3 is 0 Å². The van der Waals surface area contributed by atoms with Crippen molar-refractivity contribution >= 4 is 27.0 Å². The van der Waals surface area contributed by atoms with Crippen molar-refractivity contribution in [1.29, 1.82) is 0 Å². The van der Waals surface area contributed by atoms with Crippen LogP contribution in [0.1, 0.15) is 151 Å². The summed E-state index contributed by atoms with van der Waals surface area (Å²) < 4.78 is 14.5. The Hall–Kier alpha value is -2.98. The fraction of sp³-hybridized carbons (Fsp3) is 0.773. The molecule has 4 atom stereocenters. The molecule has 4 aromatic heterocycles. The smallest absolute Gasteiger partial charge is 0.276 e.